The van der Waals surface area contributed by atoms with Gasteiger partial charge >= 0.3 is 0 Å². The summed E-state index contributed by atoms with van der Waals surface area (Å²) in [6, 6.07) is 2.90. The Hall–Kier alpha value is -1.75. The smallest absolute Gasteiger partial charge is 0.203 e. The van der Waals surface area contributed by atoms with Gasteiger partial charge in [0.15, 0.2) is 17.3 Å². The lowest BCUT2D eigenvalue weighted by atomic mass is 10.1. The number of rotatable bonds is 5. The minimum absolute atomic E-state index is 0.110. The molecule has 16 heavy (non-hydrogen) atoms. The van der Waals surface area contributed by atoms with E-state index in [9.17, 15) is 9.90 Å². The van der Waals surface area contributed by atoms with Gasteiger partial charge in [0.1, 0.15) is 0 Å². The molecule has 1 rings (SSSR count). The van der Waals surface area contributed by atoms with Crippen LogP contribution in [-0.4, -0.2) is 38.7 Å². The summed E-state index contributed by atoms with van der Waals surface area (Å²) in [5.41, 5.74) is 0.379. The number of carbonyl (C=O) groups is 1. The Bertz CT molecular complexity index is 390. The second kappa shape index (κ2) is 5.37. The van der Waals surface area contributed by atoms with Crippen molar-refractivity contribution in [3.05, 3.63) is 17.7 Å². The summed E-state index contributed by atoms with van der Waals surface area (Å²) >= 11 is 0. The van der Waals surface area contributed by atoms with Gasteiger partial charge in [0.2, 0.25) is 5.75 Å². The minimum atomic E-state index is -0.126. The summed E-state index contributed by atoms with van der Waals surface area (Å²) in [6.07, 6.45) is 0. The van der Waals surface area contributed by atoms with Crippen molar-refractivity contribution in [3.8, 4) is 17.2 Å². The van der Waals surface area contributed by atoms with Crippen LogP contribution in [0.2, 0.25) is 0 Å². The Morgan fingerprint density at radius 3 is 2.56 bits per heavy atom. The van der Waals surface area contributed by atoms with Crippen LogP contribution in [0.1, 0.15) is 10.4 Å². The van der Waals surface area contributed by atoms with Crippen LogP contribution in [0.25, 0.3) is 0 Å². The third-order valence-electron chi connectivity index (χ3n) is 2.12. The molecule has 1 aromatic rings. The van der Waals surface area contributed by atoms with Crippen molar-refractivity contribution in [2.75, 3.05) is 27.8 Å². The van der Waals surface area contributed by atoms with E-state index in [2.05, 4.69) is 5.32 Å². The van der Waals surface area contributed by atoms with E-state index in [4.69, 9.17) is 9.47 Å². The van der Waals surface area contributed by atoms with Gasteiger partial charge in [0.25, 0.3) is 0 Å². The first kappa shape index (κ1) is 12.3. The molecule has 0 aliphatic carbocycles. The zero-order valence-corrected chi connectivity index (χ0v) is 9.53. The molecule has 2 N–H and O–H groups in total. The maximum Gasteiger partial charge on any atom is 0.203 e. The lowest BCUT2D eigenvalue weighted by Crippen LogP contribution is -2.18. The van der Waals surface area contributed by atoms with Gasteiger partial charge in [-0.3, -0.25) is 4.79 Å². The van der Waals surface area contributed by atoms with Gasteiger partial charge in [0.05, 0.1) is 20.8 Å². The van der Waals surface area contributed by atoms with E-state index in [1.54, 1.807) is 7.05 Å². The number of hydrogen-bond donors (Lipinski definition) is 2. The molecule has 0 saturated heterocycles. The van der Waals surface area contributed by atoms with E-state index in [1.807, 2.05) is 0 Å². The van der Waals surface area contributed by atoms with Crippen LogP contribution in [-0.2, 0) is 0 Å². The van der Waals surface area contributed by atoms with Gasteiger partial charge in [-0.2, -0.15) is 0 Å². The third-order valence-corrected chi connectivity index (χ3v) is 2.12. The number of Topliss-reactive ketones (excluding diaryl/α,β-unsaturated/α-hetero) is 1. The van der Waals surface area contributed by atoms with E-state index in [0.717, 1.165) is 0 Å². The summed E-state index contributed by atoms with van der Waals surface area (Å²) in [6.45, 7) is 0.203. The van der Waals surface area contributed by atoms with Crippen molar-refractivity contribution in [2.24, 2.45) is 0 Å². The number of nitrogens with one attached hydrogen (secondary N) is 1. The number of phenolic OH excluding ortho intramolecular Hbond substituents is 1. The molecule has 5 heteroatoms. The number of likely N-dealkylation sites (N-methyl/N-ethyl adjacent to an activating group) is 1. The van der Waals surface area contributed by atoms with E-state index < -0.39 is 0 Å². The first-order valence-corrected chi connectivity index (χ1v) is 4.76. The van der Waals surface area contributed by atoms with Gasteiger partial charge in [-0.25, -0.2) is 0 Å². The monoisotopic (exact) mass is 225 g/mol. The molecule has 1 aromatic carbocycles. The molecule has 0 fully saturated rings. The van der Waals surface area contributed by atoms with Crippen LogP contribution >= 0.6 is 0 Å². The lowest BCUT2D eigenvalue weighted by molar-refractivity contribution is 0.0992. The molecular weight excluding hydrogens is 210 g/mol. The number of benzene rings is 1. The van der Waals surface area contributed by atoms with Crippen molar-refractivity contribution in [3.63, 3.8) is 0 Å². The number of aromatic hydroxyl groups is 1. The fraction of sp³-hybridized carbons (Fsp3) is 0.364. The number of carbonyl (C=O) groups excluding carboxylic acids is 1. The highest BCUT2D eigenvalue weighted by molar-refractivity contribution is 5.98. The Balaban J connectivity index is 3.15. The molecule has 0 aromatic heterocycles. The Morgan fingerprint density at radius 1 is 1.38 bits per heavy atom. The highest BCUT2D eigenvalue weighted by atomic mass is 16.5. The third kappa shape index (κ3) is 2.43. The van der Waals surface area contributed by atoms with E-state index >= 15 is 0 Å². The Morgan fingerprint density at radius 2 is 2.06 bits per heavy atom. The highest BCUT2D eigenvalue weighted by Gasteiger charge is 2.15. The van der Waals surface area contributed by atoms with E-state index in [0.29, 0.717) is 11.3 Å². The summed E-state index contributed by atoms with van der Waals surface area (Å²) in [4.78, 5) is 11.6. The molecule has 0 aliphatic rings. The zero-order valence-electron chi connectivity index (χ0n) is 9.53. The topological polar surface area (TPSA) is 67.8 Å². The van der Waals surface area contributed by atoms with Crippen LogP contribution in [0, 0.1) is 0 Å². The Labute approximate surface area is 94.0 Å². The van der Waals surface area contributed by atoms with Crippen LogP contribution < -0.4 is 14.8 Å². The van der Waals surface area contributed by atoms with Crippen molar-refractivity contribution in [1.82, 2.24) is 5.32 Å². The molecule has 0 amide bonds. The summed E-state index contributed by atoms with van der Waals surface area (Å²) in [7, 11) is 4.55. The summed E-state index contributed by atoms with van der Waals surface area (Å²) in [5.74, 6) is 0.325. The van der Waals surface area contributed by atoms with Crippen LogP contribution in [0.4, 0.5) is 0 Å². The quantitative estimate of drug-likeness (QED) is 0.726. The highest BCUT2D eigenvalue weighted by Crippen LogP contribution is 2.37. The fourth-order valence-electron chi connectivity index (χ4n) is 1.37. The molecule has 5 nitrogen and oxygen atoms in total. The second-order valence-corrected chi connectivity index (χ2v) is 3.18. The van der Waals surface area contributed by atoms with Crippen molar-refractivity contribution in [1.29, 1.82) is 0 Å². The first-order chi connectivity index (χ1) is 7.63. The molecule has 0 heterocycles. The fourth-order valence-corrected chi connectivity index (χ4v) is 1.37. The van der Waals surface area contributed by atoms with Crippen LogP contribution in [0.15, 0.2) is 12.1 Å². The molecular formula is C11H15NO4. The number of phenols is 1. The molecule has 0 radical (unpaired) electrons. The normalized spacial score (nSPS) is 9.94. The standard InChI is InChI=1S/C11H15NO4/c1-12-6-9(14)7-4-8(13)11(16-3)10(5-7)15-2/h4-5,12-13H,6H2,1-3H3. The second-order valence-electron chi connectivity index (χ2n) is 3.18. The predicted octanol–water partition coefficient (Wildman–Crippen LogP) is 0.811. The van der Waals surface area contributed by atoms with Crippen molar-refractivity contribution >= 4 is 5.78 Å². The molecule has 0 bridgehead atoms. The minimum Gasteiger partial charge on any atom is -0.504 e. The largest absolute Gasteiger partial charge is 0.504 e. The average Bonchev–Trinajstić information content (AvgIpc) is 2.28. The van der Waals surface area contributed by atoms with Crippen molar-refractivity contribution in [2.45, 2.75) is 0 Å². The maximum absolute atomic E-state index is 11.6. The van der Waals surface area contributed by atoms with Crippen LogP contribution in [0.3, 0.4) is 0 Å². The molecule has 0 unspecified atom stereocenters. The van der Waals surface area contributed by atoms with Crippen molar-refractivity contribution < 1.29 is 19.4 Å². The molecule has 0 saturated carbocycles. The number of hydrogen-bond acceptors (Lipinski definition) is 5. The average molecular weight is 225 g/mol. The van der Waals surface area contributed by atoms with Gasteiger partial charge in [-0.1, -0.05) is 0 Å². The molecule has 0 spiro atoms. The van der Waals surface area contributed by atoms with Gasteiger partial charge in [0, 0.05) is 5.56 Å². The zero-order chi connectivity index (χ0) is 12.1. The maximum atomic E-state index is 11.6. The van der Waals surface area contributed by atoms with Gasteiger partial charge in [-0.05, 0) is 19.2 Å². The Kier molecular flexibility index (Phi) is 4.13. The number of ether oxygens (including phenoxy) is 2. The summed E-state index contributed by atoms with van der Waals surface area (Å²) < 4.78 is 9.99. The number of ketones is 1. The SMILES string of the molecule is CNCC(=O)c1cc(O)c(OC)c(OC)c1. The van der Waals surface area contributed by atoms with E-state index in [-0.39, 0.29) is 23.8 Å². The van der Waals surface area contributed by atoms with E-state index in [1.165, 1.54) is 26.4 Å². The lowest BCUT2D eigenvalue weighted by Gasteiger charge is -2.11. The number of methoxy groups -OCH3 is 2. The molecule has 0 aliphatic heterocycles. The molecule has 88 valence electrons. The molecule has 0 atom stereocenters. The van der Waals surface area contributed by atoms with Gasteiger partial charge < -0.3 is 19.9 Å². The first-order valence-electron chi connectivity index (χ1n) is 4.76. The predicted molar refractivity (Wildman–Crippen MR) is 59.5 cm³/mol. The van der Waals surface area contributed by atoms with Crippen LogP contribution in [0.5, 0.6) is 17.2 Å². The summed E-state index contributed by atoms with van der Waals surface area (Å²) in [5, 5.41) is 12.4. The van der Waals surface area contributed by atoms with Gasteiger partial charge in [-0.15, -0.1) is 0 Å².